The number of hydrogen-bond acceptors (Lipinski definition) is 10. The van der Waals surface area contributed by atoms with Crippen molar-refractivity contribution in [2.75, 3.05) is 6.61 Å². The summed E-state index contributed by atoms with van der Waals surface area (Å²) in [5, 5.41) is 60.5. The fourth-order valence-corrected chi connectivity index (χ4v) is 3.98. The van der Waals surface area contributed by atoms with Gasteiger partial charge >= 0.3 is 0 Å². The maximum atomic E-state index is 11.2. The predicted octanol–water partition coefficient (Wildman–Crippen LogP) is -2.87. The molecule has 0 aromatic rings. The van der Waals surface area contributed by atoms with Gasteiger partial charge in [-0.05, 0) is 19.8 Å². The number of hydrogen-bond donors (Lipinski definition) is 6. The lowest BCUT2D eigenvalue weighted by molar-refractivity contribution is -0.351. The molecule has 0 bridgehead atoms. The van der Waals surface area contributed by atoms with Gasteiger partial charge in [0.15, 0.2) is 12.6 Å². The van der Waals surface area contributed by atoms with Crippen LogP contribution in [0.3, 0.4) is 0 Å². The Kier molecular flexibility index (Phi) is 5.14. The van der Waals surface area contributed by atoms with Gasteiger partial charge in [-0.2, -0.15) is 0 Å². The zero-order chi connectivity index (χ0) is 19.3. The van der Waals surface area contributed by atoms with Crippen LogP contribution in [0.2, 0.25) is 0 Å². The third-order valence-corrected chi connectivity index (χ3v) is 5.54. The highest BCUT2D eigenvalue weighted by Crippen LogP contribution is 2.51. The van der Waals surface area contributed by atoms with Gasteiger partial charge in [-0.1, -0.05) is 0 Å². The van der Waals surface area contributed by atoms with Crippen LogP contribution >= 0.6 is 0 Å². The first-order valence-corrected chi connectivity index (χ1v) is 8.37. The molecule has 0 aromatic carbocycles. The zero-order valence-electron chi connectivity index (χ0n) is 14.1. The molecule has 9 atom stereocenters. The van der Waals surface area contributed by atoms with Crippen LogP contribution in [0.25, 0.3) is 0 Å². The number of rotatable bonds is 4. The fraction of sp³-hybridized carbons (Fsp3) is 0.812. The van der Waals surface area contributed by atoms with Crippen LogP contribution in [0.15, 0.2) is 11.8 Å². The van der Waals surface area contributed by atoms with Crippen LogP contribution in [0.4, 0.5) is 0 Å². The van der Waals surface area contributed by atoms with Gasteiger partial charge < -0.3 is 44.8 Å². The minimum atomic E-state index is -1.68. The lowest BCUT2D eigenvalue weighted by Gasteiger charge is -2.46. The number of carbonyl (C=O) groups is 1. The van der Waals surface area contributed by atoms with Crippen molar-refractivity contribution < 1.29 is 49.6 Å². The van der Waals surface area contributed by atoms with Crippen molar-refractivity contribution in [3.8, 4) is 0 Å². The Morgan fingerprint density at radius 3 is 2.50 bits per heavy atom. The predicted molar refractivity (Wildman–Crippen MR) is 82.2 cm³/mol. The van der Waals surface area contributed by atoms with Crippen molar-refractivity contribution in [3.63, 3.8) is 0 Å². The van der Waals surface area contributed by atoms with E-state index in [1.54, 1.807) is 0 Å². The molecule has 1 saturated heterocycles. The van der Waals surface area contributed by atoms with Crippen molar-refractivity contribution in [1.82, 2.24) is 0 Å². The minimum Gasteiger partial charge on any atom is -0.471 e. The van der Waals surface area contributed by atoms with Gasteiger partial charge in [0.05, 0.1) is 30.0 Å². The molecule has 0 radical (unpaired) electrons. The van der Waals surface area contributed by atoms with Gasteiger partial charge in [0.25, 0.3) is 0 Å². The molecule has 3 rings (SSSR count). The third-order valence-electron chi connectivity index (χ3n) is 5.54. The number of aliphatic hydroxyl groups excluding tert-OH is 4. The number of ether oxygens (including phenoxy) is 3. The fourth-order valence-electron chi connectivity index (χ4n) is 3.98. The first kappa shape index (κ1) is 19.6. The van der Waals surface area contributed by atoms with Crippen LogP contribution in [0.1, 0.15) is 19.8 Å². The second-order valence-electron chi connectivity index (χ2n) is 7.29. The highest BCUT2D eigenvalue weighted by atomic mass is 16.8. The monoisotopic (exact) mass is 376 g/mol. The molecule has 1 saturated carbocycles. The van der Waals surface area contributed by atoms with Crippen molar-refractivity contribution in [2.24, 2.45) is 5.92 Å². The molecule has 6 N–H and O–H groups in total. The second kappa shape index (κ2) is 6.80. The Morgan fingerprint density at radius 1 is 1.19 bits per heavy atom. The van der Waals surface area contributed by atoms with Gasteiger partial charge in [0.1, 0.15) is 30.0 Å². The van der Waals surface area contributed by atoms with Crippen LogP contribution in [-0.2, 0) is 19.0 Å². The molecule has 6 unspecified atom stereocenters. The summed E-state index contributed by atoms with van der Waals surface area (Å²) < 4.78 is 16.2. The van der Waals surface area contributed by atoms with E-state index < -0.39 is 60.7 Å². The summed E-state index contributed by atoms with van der Waals surface area (Å²) in [6, 6.07) is 0. The van der Waals surface area contributed by atoms with E-state index in [0.29, 0.717) is 6.29 Å². The zero-order valence-corrected chi connectivity index (χ0v) is 14.1. The molecule has 2 aliphatic heterocycles. The first-order chi connectivity index (χ1) is 12.2. The quantitative estimate of drug-likeness (QED) is 0.281. The molecule has 1 aliphatic carbocycles. The standard InChI is InChI=1S/C16H24O10/c1-15(22)2-3-16(23)7(4-17)6-24-14(12(15)16)26-13-11(21)10(20)9(19)8(5-18)25-13/h4,6,8-14,18-23H,2-3,5H2,1H3/t8?,9?,10?,11?,12-,13?,14?,15+,16+/m1/s1. The number of fused-ring (bicyclic) bond motifs is 1. The van der Waals surface area contributed by atoms with Gasteiger partial charge in [-0.25, -0.2) is 0 Å². The number of aliphatic hydroxyl groups is 6. The van der Waals surface area contributed by atoms with Crippen LogP contribution < -0.4 is 0 Å². The van der Waals surface area contributed by atoms with Crippen LogP contribution in [-0.4, -0.2) is 91.7 Å². The SMILES string of the molecule is C[C@]1(O)CC[C@]2(O)C(C=O)=COC(OC3OC(CO)C(O)C(O)C3O)[C@H]12. The summed E-state index contributed by atoms with van der Waals surface area (Å²) in [6.45, 7) is 0.840. The normalized spacial score (nSPS) is 51.3. The van der Waals surface area contributed by atoms with Gasteiger partial charge in [-0.3, -0.25) is 4.79 Å². The molecule has 0 spiro atoms. The van der Waals surface area contributed by atoms with Crippen LogP contribution in [0.5, 0.6) is 0 Å². The van der Waals surface area contributed by atoms with Crippen molar-refractivity contribution in [1.29, 1.82) is 0 Å². The van der Waals surface area contributed by atoms with Gasteiger partial charge in [-0.15, -0.1) is 0 Å². The molecule has 26 heavy (non-hydrogen) atoms. The molecule has 2 heterocycles. The summed E-state index contributed by atoms with van der Waals surface area (Å²) in [5.74, 6) is -1.06. The Hall–Kier alpha value is -1.11. The van der Waals surface area contributed by atoms with E-state index in [1.165, 1.54) is 6.92 Å². The van der Waals surface area contributed by atoms with Gasteiger partial charge in [0.2, 0.25) is 6.29 Å². The summed E-state index contributed by atoms with van der Waals surface area (Å²) in [4.78, 5) is 11.2. The smallest absolute Gasteiger partial charge is 0.210 e. The van der Waals surface area contributed by atoms with E-state index in [9.17, 15) is 35.4 Å². The minimum absolute atomic E-state index is 0.0334. The molecule has 10 heteroatoms. The van der Waals surface area contributed by atoms with E-state index in [4.69, 9.17) is 14.2 Å². The van der Waals surface area contributed by atoms with E-state index in [1.807, 2.05) is 0 Å². The average molecular weight is 376 g/mol. The van der Waals surface area contributed by atoms with E-state index in [-0.39, 0.29) is 18.4 Å². The molecule has 3 aliphatic rings. The third kappa shape index (κ3) is 2.96. The van der Waals surface area contributed by atoms with Crippen molar-refractivity contribution >= 4 is 6.29 Å². The average Bonchev–Trinajstić information content (AvgIpc) is 2.86. The summed E-state index contributed by atoms with van der Waals surface area (Å²) in [5.41, 5.74) is -3.15. The maximum absolute atomic E-state index is 11.2. The highest BCUT2D eigenvalue weighted by Gasteiger charge is 2.62. The molecular formula is C16H24O10. The van der Waals surface area contributed by atoms with E-state index in [2.05, 4.69) is 0 Å². The summed E-state index contributed by atoms with van der Waals surface area (Å²) >= 11 is 0. The van der Waals surface area contributed by atoms with Crippen LogP contribution in [0, 0.1) is 5.92 Å². The molecule has 10 nitrogen and oxygen atoms in total. The van der Waals surface area contributed by atoms with Crippen molar-refractivity contribution in [3.05, 3.63) is 11.8 Å². The topological polar surface area (TPSA) is 166 Å². The molecule has 0 aromatic heterocycles. The second-order valence-corrected chi connectivity index (χ2v) is 7.29. The highest BCUT2D eigenvalue weighted by molar-refractivity contribution is 5.76. The Bertz CT molecular complexity index is 575. The number of aldehydes is 1. The Morgan fingerprint density at radius 2 is 1.88 bits per heavy atom. The van der Waals surface area contributed by atoms with Gasteiger partial charge in [0, 0.05) is 0 Å². The largest absolute Gasteiger partial charge is 0.471 e. The summed E-state index contributed by atoms with van der Waals surface area (Å²) in [7, 11) is 0. The van der Waals surface area contributed by atoms with Crippen molar-refractivity contribution in [2.45, 2.75) is 68.0 Å². The Labute approximate surface area is 149 Å². The summed E-state index contributed by atoms with van der Waals surface area (Å²) in [6.07, 6.45) is -7.07. The lowest BCUT2D eigenvalue weighted by atomic mass is 9.78. The molecule has 148 valence electrons. The Balaban J connectivity index is 1.85. The maximum Gasteiger partial charge on any atom is 0.210 e. The lowest BCUT2D eigenvalue weighted by Crippen LogP contribution is -2.62. The molecule has 2 fully saturated rings. The number of carbonyl (C=O) groups excluding carboxylic acids is 1. The molecule has 0 amide bonds. The van der Waals surface area contributed by atoms with E-state index >= 15 is 0 Å². The molecular weight excluding hydrogens is 352 g/mol. The first-order valence-electron chi connectivity index (χ1n) is 8.37. The van der Waals surface area contributed by atoms with E-state index in [0.717, 1.165) is 6.26 Å².